The van der Waals surface area contributed by atoms with Crippen LogP contribution >= 0.6 is 23.2 Å². The van der Waals surface area contributed by atoms with Crippen LogP contribution in [0, 0.1) is 5.82 Å². The number of amides is 1. The molecule has 1 fully saturated rings. The van der Waals surface area contributed by atoms with E-state index >= 15 is 0 Å². The lowest BCUT2D eigenvalue weighted by atomic mass is 10.2. The van der Waals surface area contributed by atoms with Crippen LogP contribution in [0.15, 0.2) is 24.3 Å². The molecule has 2 rings (SSSR count). The number of carbonyl (C=O) groups is 1. The first-order valence-corrected chi connectivity index (χ1v) is 6.52. The Morgan fingerprint density at radius 1 is 1.11 bits per heavy atom. The molecule has 1 aromatic carbocycles. The standard InChI is InChI=1S/C12H13Cl2FN2O/c13-11(14)12(18)17-7-5-16(6-8-17)10-3-1-9(15)2-4-10/h1-4,11H,5-8H2. The fourth-order valence-electron chi connectivity index (χ4n) is 1.97. The van der Waals surface area contributed by atoms with Gasteiger partial charge in [0.05, 0.1) is 0 Å². The smallest absolute Gasteiger partial charge is 0.255 e. The van der Waals surface area contributed by atoms with E-state index in [1.807, 2.05) is 0 Å². The van der Waals surface area contributed by atoms with Crippen molar-refractivity contribution >= 4 is 34.8 Å². The first-order chi connectivity index (χ1) is 8.58. The minimum absolute atomic E-state index is 0.250. The van der Waals surface area contributed by atoms with Gasteiger partial charge in [0.1, 0.15) is 5.82 Å². The summed E-state index contributed by atoms with van der Waals surface area (Å²) in [6.45, 7) is 2.54. The van der Waals surface area contributed by atoms with Crippen LogP contribution in [-0.2, 0) is 4.79 Å². The highest BCUT2D eigenvalue weighted by molar-refractivity contribution is 6.53. The van der Waals surface area contributed by atoms with Crippen molar-refractivity contribution in [3.05, 3.63) is 30.1 Å². The number of nitrogens with zero attached hydrogens (tertiary/aromatic N) is 2. The fourth-order valence-corrected chi connectivity index (χ4v) is 2.25. The molecule has 0 aromatic heterocycles. The second-order valence-electron chi connectivity index (χ2n) is 4.09. The summed E-state index contributed by atoms with van der Waals surface area (Å²) < 4.78 is 12.8. The van der Waals surface area contributed by atoms with Crippen molar-refractivity contribution in [3.8, 4) is 0 Å². The number of rotatable bonds is 2. The summed E-state index contributed by atoms with van der Waals surface area (Å²) in [6.07, 6.45) is 0. The average molecular weight is 291 g/mol. The molecule has 1 aromatic rings. The van der Waals surface area contributed by atoms with E-state index in [4.69, 9.17) is 23.2 Å². The molecule has 0 aliphatic carbocycles. The maximum absolute atomic E-state index is 12.8. The summed E-state index contributed by atoms with van der Waals surface area (Å²) in [6, 6.07) is 6.33. The molecule has 0 unspecified atom stereocenters. The van der Waals surface area contributed by atoms with E-state index in [0.717, 1.165) is 5.69 Å². The third kappa shape index (κ3) is 3.06. The molecule has 0 saturated carbocycles. The Morgan fingerprint density at radius 3 is 2.17 bits per heavy atom. The van der Waals surface area contributed by atoms with Crippen LogP contribution in [0.2, 0.25) is 0 Å². The Kier molecular flexibility index (Phi) is 4.30. The SMILES string of the molecule is O=C(C(Cl)Cl)N1CCN(c2ccc(F)cc2)CC1. The second kappa shape index (κ2) is 5.76. The van der Waals surface area contributed by atoms with Crippen LogP contribution in [0.3, 0.4) is 0 Å². The maximum atomic E-state index is 12.8. The highest BCUT2D eigenvalue weighted by atomic mass is 35.5. The Bertz CT molecular complexity index is 417. The molecule has 0 radical (unpaired) electrons. The number of benzene rings is 1. The van der Waals surface area contributed by atoms with Gasteiger partial charge in [0.25, 0.3) is 5.91 Å². The molecule has 1 heterocycles. The largest absolute Gasteiger partial charge is 0.368 e. The molecule has 3 nitrogen and oxygen atoms in total. The zero-order chi connectivity index (χ0) is 13.1. The Labute approximate surface area is 115 Å². The van der Waals surface area contributed by atoms with Gasteiger partial charge in [-0.15, -0.1) is 0 Å². The third-order valence-corrected chi connectivity index (χ3v) is 3.34. The number of piperazine rings is 1. The third-order valence-electron chi connectivity index (χ3n) is 2.97. The molecular formula is C12H13Cl2FN2O. The van der Waals surface area contributed by atoms with E-state index < -0.39 is 4.84 Å². The predicted molar refractivity (Wildman–Crippen MR) is 70.7 cm³/mol. The normalized spacial score (nSPS) is 16.2. The quantitative estimate of drug-likeness (QED) is 0.780. The van der Waals surface area contributed by atoms with E-state index in [-0.39, 0.29) is 11.7 Å². The van der Waals surface area contributed by atoms with Crippen LogP contribution in [0.4, 0.5) is 10.1 Å². The number of hydrogen-bond donors (Lipinski definition) is 0. The summed E-state index contributed by atoms with van der Waals surface area (Å²) in [5.74, 6) is -0.503. The Balaban J connectivity index is 1.94. The van der Waals surface area contributed by atoms with E-state index in [9.17, 15) is 9.18 Å². The summed E-state index contributed by atoms with van der Waals surface area (Å²) in [5, 5.41) is 0. The Morgan fingerprint density at radius 2 is 1.67 bits per heavy atom. The van der Waals surface area contributed by atoms with Gasteiger partial charge in [-0.25, -0.2) is 4.39 Å². The van der Waals surface area contributed by atoms with E-state index in [1.54, 1.807) is 17.0 Å². The zero-order valence-electron chi connectivity index (χ0n) is 9.65. The number of carbonyl (C=O) groups excluding carboxylic acids is 1. The first-order valence-electron chi connectivity index (χ1n) is 5.65. The first kappa shape index (κ1) is 13.4. The molecule has 18 heavy (non-hydrogen) atoms. The summed E-state index contributed by atoms with van der Waals surface area (Å²) in [4.78, 5) is 14.3. The molecular weight excluding hydrogens is 278 g/mol. The van der Waals surface area contributed by atoms with Gasteiger partial charge < -0.3 is 9.80 Å². The van der Waals surface area contributed by atoms with Gasteiger partial charge in [-0.2, -0.15) is 0 Å². The van der Waals surface area contributed by atoms with Gasteiger partial charge in [-0.1, -0.05) is 23.2 Å². The molecule has 1 saturated heterocycles. The minimum Gasteiger partial charge on any atom is -0.368 e. The highest BCUT2D eigenvalue weighted by Gasteiger charge is 2.24. The van der Waals surface area contributed by atoms with Crippen molar-refractivity contribution in [3.63, 3.8) is 0 Å². The second-order valence-corrected chi connectivity index (χ2v) is 5.19. The van der Waals surface area contributed by atoms with Crippen LogP contribution < -0.4 is 4.90 Å². The van der Waals surface area contributed by atoms with Crippen molar-refractivity contribution in [1.82, 2.24) is 4.90 Å². The fraction of sp³-hybridized carbons (Fsp3) is 0.417. The van der Waals surface area contributed by atoms with Crippen molar-refractivity contribution in [2.24, 2.45) is 0 Å². The average Bonchev–Trinajstić information content (AvgIpc) is 2.39. The maximum Gasteiger partial charge on any atom is 0.255 e. The van der Waals surface area contributed by atoms with Crippen LogP contribution in [0.25, 0.3) is 0 Å². The van der Waals surface area contributed by atoms with Crippen molar-refractivity contribution in [2.45, 2.75) is 4.84 Å². The molecule has 6 heteroatoms. The molecule has 0 bridgehead atoms. The van der Waals surface area contributed by atoms with Gasteiger partial charge >= 0.3 is 0 Å². The predicted octanol–water partition coefficient (Wildman–Crippen LogP) is 2.28. The molecule has 0 spiro atoms. The van der Waals surface area contributed by atoms with E-state index in [2.05, 4.69) is 4.90 Å². The lowest BCUT2D eigenvalue weighted by Crippen LogP contribution is -2.50. The molecule has 0 atom stereocenters. The number of halogens is 3. The van der Waals surface area contributed by atoms with Gasteiger partial charge in [0, 0.05) is 31.9 Å². The zero-order valence-corrected chi connectivity index (χ0v) is 11.2. The number of anilines is 1. The number of alkyl halides is 2. The van der Waals surface area contributed by atoms with Crippen LogP contribution in [0.5, 0.6) is 0 Å². The summed E-state index contributed by atoms with van der Waals surface area (Å²) in [7, 11) is 0. The molecule has 0 N–H and O–H groups in total. The van der Waals surface area contributed by atoms with Crippen molar-refractivity contribution in [2.75, 3.05) is 31.1 Å². The van der Waals surface area contributed by atoms with E-state index in [1.165, 1.54) is 12.1 Å². The Hall–Kier alpha value is -1.00. The molecule has 98 valence electrons. The molecule has 1 aliphatic heterocycles. The highest BCUT2D eigenvalue weighted by Crippen LogP contribution is 2.18. The van der Waals surface area contributed by atoms with Gasteiger partial charge in [0.2, 0.25) is 0 Å². The molecule has 1 aliphatic rings. The topological polar surface area (TPSA) is 23.6 Å². The van der Waals surface area contributed by atoms with Crippen LogP contribution in [-0.4, -0.2) is 41.8 Å². The van der Waals surface area contributed by atoms with Gasteiger partial charge in [0.15, 0.2) is 4.84 Å². The van der Waals surface area contributed by atoms with Crippen LogP contribution in [0.1, 0.15) is 0 Å². The van der Waals surface area contributed by atoms with Gasteiger partial charge in [-0.05, 0) is 24.3 Å². The lowest BCUT2D eigenvalue weighted by Gasteiger charge is -2.36. The van der Waals surface area contributed by atoms with Gasteiger partial charge in [-0.3, -0.25) is 4.79 Å². The summed E-state index contributed by atoms with van der Waals surface area (Å²) >= 11 is 11.1. The van der Waals surface area contributed by atoms with E-state index in [0.29, 0.717) is 26.2 Å². The van der Waals surface area contributed by atoms with Crippen molar-refractivity contribution in [1.29, 1.82) is 0 Å². The van der Waals surface area contributed by atoms with Crippen molar-refractivity contribution < 1.29 is 9.18 Å². The lowest BCUT2D eigenvalue weighted by molar-refractivity contribution is -0.129. The monoisotopic (exact) mass is 290 g/mol. The minimum atomic E-state index is -0.998. The summed E-state index contributed by atoms with van der Waals surface area (Å²) in [5.41, 5.74) is 0.955. The number of hydrogen-bond acceptors (Lipinski definition) is 2. The molecule has 1 amide bonds.